The Morgan fingerprint density at radius 1 is 1.07 bits per heavy atom. The number of fused-ring (bicyclic) bond motifs is 2. The molecule has 0 saturated heterocycles. The van der Waals surface area contributed by atoms with E-state index in [-0.39, 0.29) is 11.3 Å². The van der Waals surface area contributed by atoms with Crippen molar-refractivity contribution in [3.05, 3.63) is 57.3 Å². The molecule has 4 fully saturated rings. The van der Waals surface area contributed by atoms with E-state index in [9.17, 15) is 4.79 Å². The number of allylic oxidation sites excluding steroid dienone is 2. The average Bonchev–Trinajstić information content (AvgIpc) is 2.83. The zero-order chi connectivity index (χ0) is 19.6. The topological polar surface area (TPSA) is 45.0 Å². The smallest absolute Gasteiger partial charge is 0.253 e. The van der Waals surface area contributed by atoms with Crippen LogP contribution < -0.4 is 0 Å². The Kier molecular flexibility index (Phi) is 4.12. The van der Waals surface area contributed by atoms with Crippen molar-refractivity contribution in [1.82, 2.24) is 4.90 Å². The van der Waals surface area contributed by atoms with Gasteiger partial charge in [-0.3, -0.25) is 4.79 Å². The molecule has 5 heteroatoms. The molecule has 148 valence electrons. The fourth-order valence-corrected chi connectivity index (χ4v) is 7.15. The molecule has 4 bridgehead atoms. The molecule has 1 aromatic carbocycles. The van der Waals surface area contributed by atoms with Gasteiger partial charge in [0, 0.05) is 21.9 Å². The van der Waals surface area contributed by atoms with Gasteiger partial charge in [0.05, 0.1) is 5.41 Å². The average molecular weight is 497 g/mol. The molecular formula is C24H24IN3O. The van der Waals surface area contributed by atoms with Gasteiger partial charge in [0.25, 0.3) is 5.91 Å². The number of carbonyl (C=O) groups is 1. The van der Waals surface area contributed by atoms with E-state index in [1.165, 1.54) is 28.4 Å². The maximum atomic E-state index is 13.6. The SMILES string of the molecule is O=C(N=C1N=C2C=CC(I)=CN2Cc2ccccc21)C12CC3CC(CC(C3)C1)C2. The number of rotatable bonds is 1. The molecule has 4 aliphatic carbocycles. The Bertz CT molecular complexity index is 983. The summed E-state index contributed by atoms with van der Waals surface area (Å²) < 4.78 is 1.17. The number of carbonyl (C=O) groups excluding carboxylic acids is 1. The highest BCUT2D eigenvalue weighted by atomic mass is 127. The van der Waals surface area contributed by atoms with E-state index < -0.39 is 0 Å². The maximum absolute atomic E-state index is 13.6. The quantitative estimate of drug-likeness (QED) is 0.499. The van der Waals surface area contributed by atoms with E-state index in [2.05, 4.69) is 58.0 Å². The summed E-state index contributed by atoms with van der Waals surface area (Å²) in [6, 6.07) is 8.25. The van der Waals surface area contributed by atoms with Crippen LogP contribution >= 0.6 is 22.6 Å². The zero-order valence-corrected chi connectivity index (χ0v) is 18.5. The molecule has 7 rings (SSSR count). The van der Waals surface area contributed by atoms with Crippen LogP contribution in [-0.4, -0.2) is 22.5 Å². The molecule has 0 radical (unpaired) electrons. The van der Waals surface area contributed by atoms with Crippen molar-refractivity contribution in [3.8, 4) is 0 Å². The van der Waals surface area contributed by atoms with Crippen LogP contribution in [0.2, 0.25) is 0 Å². The van der Waals surface area contributed by atoms with Gasteiger partial charge in [-0.1, -0.05) is 24.3 Å². The van der Waals surface area contributed by atoms with Crippen LogP contribution in [0.3, 0.4) is 0 Å². The fourth-order valence-electron chi connectivity index (χ4n) is 6.64. The summed E-state index contributed by atoms with van der Waals surface area (Å²) in [6.07, 6.45) is 13.3. The third-order valence-corrected chi connectivity index (χ3v) is 8.12. The maximum Gasteiger partial charge on any atom is 0.253 e. The van der Waals surface area contributed by atoms with E-state index >= 15 is 0 Å². The van der Waals surface area contributed by atoms with Gasteiger partial charge < -0.3 is 4.90 Å². The lowest BCUT2D eigenvalue weighted by Gasteiger charge is -2.55. The molecule has 2 aliphatic heterocycles. The summed E-state index contributed by atoms with van der Waals surface area (Å²) >= 11 is 2.33. The lowest BCUT2D eigenvalue weighted by molar-refractivity contribution is -0.142. The highest BCUT2D eigenvalue weighted by molar-refractivity contribution is 14.1. The molecule has 0 atom stereocenters. The number of amides is 1. The second-order valence-corrected chi connectivity index (χ2v) is 10.8. The normalized spacial score (nSPS) is 35.7. The van der Waals surface area contributed by atoms with Gasteiger partial charge in [-0.2, -0.15) is 4.99 Å². The predicted molar refractivity (Wildman–Crippen MR) is 123 cm³/mol. The van der Waals surface area contributed by atoms with E-state index in [1.54, 1.807) is 0 Å². The van der Waals surface area contributed by atoms with E-state index in [4.69, 9.17) is 9.98 Å². The molecule has 0 spiro atoms. The molecule has 0 N–H and O–H groups in total. The van der Waals surface area contributed by atoms with Gasteiger partial charge in [-0.15, -0.1) is 0 Å². The van der Waals surface area contributed by atoms with Crippen LogP contribution in [0.1, 0.15) is 49.7 Å². The Hall–Kier alpha value is -1.76. The van der Waals surface area contributed by atoms with Crippen LogP contribution in [-0.2, 0) is 11.3 Å². The van der Waals surface area contributed by atoms with E-state index in [0.29, 0.717) is 5.84 Å². The van der Waals surface area contributed by atoms with Gasteiger partial charge in [-0.05, 0) is 96.6 Å². The molecule has 1 aromatic rings. The van der Waals surface area contributed by atoms with Crippen LogP contribution in [0.25, 0.3) is 0 Å². The molecule has 4 nitrogen and oxygen atoms in total. The summed E-state index contributed by atoms with van der Waals surface area (Å²) in [4.78, 5) is 25.4. The second kappa shape index (κ2) is 6.62. The molecule has 4 saturated carbocycles. The van der Waals surface area contributed by atoms with Crippen molar-refractivity contribution < 1.29 is 4.79 Å². The summed E-state index contributed by atoms with van der Waals surface area (Å²) in [7, 11) is 0. The van der Waals surface area contributed by atoms with Gasteiger partial charge in [-0.25, -0.2) is 4.99 Å². The number of amidine groups is 2. The monoisotopic (exact) mass is 497 g/mol. The number of hydrogen-bond donors (Lipinski definition) is 0. The lowest BCUT2D eigenvalue weighted by atomic mass is 9.49. The lowest BCUT2D eigenvalue weighted by Crippen LogP contribution is -2.49. The minimum Gasteiger partial charge on any atom is -0.327 e. The van der Waals surface area contributed by atoms with Crippen LogP contribution in [0, 0.1) is 23.2 Å². The highest BCUT2D eigenvalue weighted by Crippen LogP contribution is 2.60. The standard InChI is InChI=1S/C24H24IN3O/c25-19-5-6-21-26-22(20-4-2-1-3-18(20)13-28(21)14-19)27-23(29)24-10-15-7-16(11-24)9-17(8-15)12-24/h1-6,14-17H,7-13H2. The number of hydrogen-bond acceptors (Lipinski definition) is 2. The van der Waals surface area contributed by atoms with Crippen molar-refractivity contribution in [2.75, 3.05) is 0 Å². The van der Waals surface area contributed by atoms with Crippen molar-refractivity contribution in [1.29, 1.82) is 0 Å². The summed E-state index contributed by atoms with van der Waals surface area (Å²) in [6.45, 7) is 0.746. The molecule has 6 aliphatic rings. The molecule has 2 heterocycles. The molecule has 29 heavy (non-hydrogen) atoms. The highest BCUT2D eigenvalue weighted by Gasteiger charge is 2.54. The first-order valence-electron chi connectivity index (χ1n) is 10.7. The number of halogens is 1. The van der Waals surface area contributed by atoms with Gasteiger partial charge in [0.15, 0.2) is 5.84 Å². The van der Waals surface area contributed by atoms with Crippen molar-refractivity contribution >= 4 is 40.2 Å². The van der Waals surface area contributed by atoms with E-state index in [1.807, 2.05) is 12.1 Å². The van der Waals surface area contributed by atoms with Crippen LogP contribution in [0.5, 0.6) is 0 Å². The van der Waals surface area contributed by atoms with Gasteiger partial charge in [0.2, 0.25) is 0 Å². The second-order valence-electron chi connectivity index (χ2n) is 9.54. The van der Waals surface area contributed by atoms with Crippen LogP contribution in [0.4, 0.5) is 0 Å². The Morgan fingerprint density at radius 2 is 1.76 bits per heavy atom. The van der Waals surface area contributed by atoms with Gasteiger partial charge >= 0.3 is 0 Å². The largest absolute Gasteiger partial charge is 0.327 e. The zero-order valence-electron chi connectivity index (χ0n) is 16.4. The molecular weight excluding hydrogens is 473 g/mol. The summed E-state index contributed by atoms with van der Waals surface area (Å²) in [5, 5.41) is 0. The Balaban J connectivity index is 1.42. The number of benzene rings is 1. The third-order valence-electron chi connectivity index (χ3n) is 7.48. The first-order valence-corrected chi connectivity index (χ1v) is 11.8. The summed E-state index contributed by atoms with van der Waals surface area (Å²) in [5.41, 5.74) is 1.93. The minimum absolute atomic E-state index is 0.0871. The Labute approximate surface area is 185 Å². The fraction of sp³-hybridized carbons (Fsp3) is 0.458. The first kappa shape index (κ1) is 18.0. The number of aliphatic imine (C=N–C) groups is 2. The molecule has 0 aromatic heterocycles. The minimum atomic E-state index is -0.222. The Morgan fingerprint density at radius 3 is 2.48 bits per heavy atom. The molecule has 0 unspecified atom stereocenters. The van der Waals surface area contributed by atoms with Crippen molar-refractivity contribution in [2.24, 2.45) is 33.2 Å². The third kappa shape index (κ3) is 3.04. The summed E-state index contributed by atoms with van der Waals surface area (Å²) in [5.74, 6) is 3.75. The predicted octanol–water partition coefficient (Wildman–Crippen LogP) is 5.24. The van der Waals surface area contributed by atoms with E-state index in [0.717, 1.165) is 55.0 Å². The first-order chi connectivity index (χ1) is 14.1. The van der Waals surface area contributed by atoms with Crippen molar-refractivity contribution in [2.45, 2.75) is 45.1 Å². The molecule has 1 amide bonds. The van der Waals surface area contributed by atoms with Crippen molar-refractivity contribution in [3.63, 3.8) is 0 Å². The van der Waals surface area contributed by atoms with Crippen LogP contribution in [0.15, 0.2) is 56.2 Å². The van der Waals surface area contributed by atoms with Gasteiger partial charge in [0.1, 0.15) is 5.84 Å². The number of nitrogens with zero attached hydrogens (tertiary/aromatic N) is 3.